The Balaban J connectivity index is 2.79. The van der Waals surface area contributed by atoms with Gasteiger partial charge in [-0.2, -0.15) is 0 Å². The van der Waals surface area contributed by atoms with E-state index in [9.17, 15) is 0 Å². The second-order valence-electron chi connectivity index (χ2n) is 3.16. The van der Waals surface area contributed by atoms with E-state index in [2.05, 4.69) is 11.9 Å². The number of aryl methyl sites for hydroxylation is 2. The van der Waals surface area contributed by atoms with E-state index in [1.165, 1.54) is 0 Å². The normalized spacial score (nSPS) is 13.3. The van der Waals surface area contributed by atoms with Crippen LogP contribution in [0, 0.1) is 13.8 Å². The lowest BCUT2D eigenvalue weighted by Crippen LogP contribution is -2.04. The van der Waals surface area contributed by atoms with E-state index >= 15 is 0 Å². The molecule has 0 aromatic carbocycles. The number of nitrogens with two attached hydrogens (primary N) is 1. The van der Waals surface area contributed by atoms with Gasteiger partial charge < -0.3 is 10.2 Å². The van der Waals surface area contributed by atoms with Gasteiger partial charge in [-0.25, -0.2) is 4.98 Å². The Morgan fingerprint density at radius 2 is 2.17 bits per heavy atom. The first-order valence-corrected chi connectivity index (χ1v) is 4.29. The summed E-state index contributed by atoms with van der Waals surface area (Å²) in [5, 5.41) is 0. The van der Waals surface area contributed by atoms with Crippen molar-refractivity contribution in [3.63, 3.8) is 0 Å². The minimum absolute atomic E-state index is 0.385. The highest BCUT2D eigenvalue weighted by molar-refractivity contribution is 5.11. The van der Waals surface area contributed by atoms with E-state index in [1.807, 2.05) is 13.8 Å². The van der Waals surface area contributed by atoms with E-state index in [-0.39, 0.29) is 0 Å². The standard InChI is InChI=1S/C9H16N2O/c1-6(4-5-10)9-7(2)11-8(3)12-9/h6H,4-5,10H2,1-3H3. The van der Waals surface area contributed by atoms with E-state index < -0.39 is 0 Å². The maximum Gasteiger partial charge on any atom is 0.191 e. The molecule has 0 fully saturated rings. The third-order valence-electron chi connectivity index (χ3n) is 1.99. The number of hydrogen-bond acceptors (Lipinski definition) is 3. The third-order valence-corrected chi connectivity index (χ3v) is 1.99. The van der Waals surface area contributed by atoms with Crippen LogP contribution in [0.5, 0.6) is 0 Å². The van der Waals surface area contributed by atoms with Crippen LogP contribution < -0.4 is 5.73 Å². The SMILES string of the molecule is Cc1nc(C)c(C(C)CCN)o1. The highest BCUT2D eigenvalue weighted by Gasteiger charge is 2.13. The van der Waals surface area contributed by atoms with Crippen LogP contribution in [0.25, 0.3) is 0 Å². The van der Waals surface area contributed by atoms with Gasteiger partial charge in [0.05, 0.1) is 5.69 Å². The molecule has 0 bridgehead atoms. The van der Waals surface area contributed by atoms with Gasteiger partial charge in [0.2, 0.25) is 0 Å². The Bertz CT molecular complexity index is 255. The molecule has 0 amide bonds. The smallest absolute Gasteiger partial charge is 0.191 e. The summed E-state index contributed by atoms with van der Waals surface area (Å²) in [5.41, 5.74) is 6.46. The molecule has 0 radical (unpaired) electrons. The number of oxazole rings is 1. The number of hydrogen-bond donors (Lipinski definition) is 1. The summed E-state index contributed by atoms with van der Waals surface area (Å²) in [4.78, 5) is 4.21. The van der Waals surface area contributed by atoms with Crippen LogP contribution in [0.1, 0.15) is 36.6 Å². The van der Waals surface area contributed by atoms with Crippen LogP contribution in [0.2, 0.25) is 0 Å². The van der Waals surface area contributed by atoms with Crippen LogP contribution in [0.15, 0.2) is 4.42 Å². The molecular formula is C9H16N2O. The molecule has 2 N–H and O–H groups in total. The highest BCUT2D eigenvalue weighted by Crippen LogP contribution is 2.22. The van der Waals surface area contributed by atoms with Crippen LogP contribution in [0.4, 0.5) is 0 Å². The molecule has 0 saturated heterocycles. The topological polar surface area (TPSA) is 52.0 Å². The van der Waals surface area contributed by atoms with Gasteiger partial charge >= 0.3 is 0 Å². The van der Waals surface area contributed by atoms with Crippen molar-refractivity contribution in [2.45, 2.75) is 33.1 Å². The minimum Gasteiger partial charge on any atom is -0.445 e. The summed E-state index contributed by atoms with van der Waals surface area (Å²) in [6.45, 7) is 6.64. The maximum atomic E-state index is 5.46. The van der Waals surface area contributed by atoms with Crippen LogP contribution in [-0.4, -0.2) is 11.5 Å². The molecule has 1 aromatic heterocycles. The van der Waals surface area contributed by atoms with Gasteiger partial charge in [-0.3, -0.25) is 0 Å². The van der Waals surface area contributed by atoms with E-state index in [4.69, 9.17) is 10.2 Å². The Kier molecular flexibility index (Phi) is 2.87. The lowest BCUT2D eigenvalue weighted by Gasteiger charge is -2.05. The highest BCUT2D eigenvalue weighted by atomic mass is 16.4. The maximum absolute atomic E-state index is 5.46. The van der Waals surface area contributed by atoms with Crippen molar-refractivity contribution in [3.8, 4) is 0 Å². The molecule has 0 aliphatic rings. The predicted molar refractivity (Wildman–Crippen MR) is 48.1 cm³/mol. The van der Waals surface area contributed by atoms with Crippen molar-refractivity contribution >= 4 is 0 Å². The predicted octanol–water partition coefficient (Wildman–Crippen LogP) is 1.74. The molecule has 3 nitrogen and oxygen atoms in total. The fourth-order valence-electron chi connectivity index (χ4n) is 1.39. The Hall–Kier alpha value is -0.830. The molecule has 68 valence electrons. The van der Waals surface area contributed by atoms with Gasteiger partial charge in [0.1, 0.15) is 5.76 Å². The molecule has 3 heteroatoms. The summed E-state index contributed by atoms with van der Waals surface area (Å²) in [6, 6.07) is 0. The van der Waals surface area contributed by atoms with Crippen molar-refractivity contribution in [3.05, 3.63) is 17.3 Å². The molecule has 1 rings (SSSR count). The zero-order valence-corrected chi connectivity index (χ0v) is 7.92. The van der Waals surface area contributed by atoms with Crippen molar-refractivity contribution in [2.75, 3.05) is 6.54 Å². The molecule has 1 unspecified atom stereocenters. The summed E-state index contributed by atoms with van der Waals surface area (Å²) < 4.78 is 5.46. The largest absolute Gasteiger partial charge is 0.445 e. The van der Waals surface area contributed by atoms with Crippen LogP contribution >= 0.6 is 0 Å². The molecule has 1 heterocycles. The average molecular weight is 168 g/mol. The number of nitrogens with zero attached hydrogens (tertiary/aromatic N) is 1. The molecule has 1 aromatic rings. The lowest BCUT2D eigenvalue weighted by molar-refractivity contribution is 0.437. The molecule has 0 aliphatic heterocycles. The summed E-state index contributed by atoms with van der Waals surface area (Å²) in [7, 11) is 0. The van der Waals surface area contributed by atoms with E-state index in [0.29, 0.717) is 12.5 Å². The fourth-order valence-corrected chi connectivity index (χ4v) is 1.39. The summed E-state index contributed by atoms with van der Waals surface area (Å²) in [6.07, 6.45) is 0.954. The average Bonchev–Trinajstić information content (AvgIpc) is 2.30. The first kappa shape index (κ1) is 9.26. The lowest BCUT2D eigenvalue weighted by atomic mass is 10.0. The first-order valence-electron chi connectivity index (χ1n) is 4.29. The van der Waals surface area contributed by atoms with Gasteiger partial charge in [-0.1, -0.05) is 6.92 Å². The zero-order valence-electron chi connectivity index (χ0n) is 7.92. The second-order valence-corrected chi connectivity index (χ2v) is 3.16. The third kappa shape index (κ3) is 1.85. The van der Waals surface area contributed by atoms with Crippen molar-refractivity contribution < 1.29 is 4.42 Å². The first-order chi connectivity index (χ1) is 5.65. The Morgan fingerprint density at radius 3 is 2.58 bits per heavy atom. The molecular weight excluding hydrogens is 152 g/mol. The molecule has 1 atom stereocenters. The monoisotopic (exact) mass is 168 g/mol. The number of rotatable bonds is 3. The van der Waals surface area contributed by atoms with Gasteiger partial charge in [0, 0.05) is 12.8 Å². The molecule has 0 saturated carbocycles. The number of aromatic nitrogens is 1. The summed E-state index contributed by atoms with van der Waals surface area (Å²) >= 11 is 0. The minimum atomic E-state index is 0.385. The van der Waals surface area contributed by atoms with Gasteiger partial charge in [0.15, 0.2) is 5.89 Å². The molecule has 12 heavy (non-hydrogen) atoms. The van der Waals surface area contributed by atoms with E-state index in [0.717, 1.165) is 23.8 Å². The van der Waals surface area contributed by atoms with Crippen molar-refractivity contribution in [1.29, 1.82) is 0 Å². The van der Waals surface area contributed by atoms with Crippen molar-refractivity contribution in [2.24, 2.45) is 5.73 Å². The summed E-state index contributed by atoms with van der Waals surface area (Å²) in [5.74, 6) is 2.11. The fraction of sp³-hybridized carbons (Fsp3) is 0.667. The second kappa shape index (κ2) is 3.72. The Morgan fingerprint density at radius 1 is 1.50 bits per heavy atom. The quantitative estimate of drug-likeness (QED) is 0.748. The molecule has 0 aliphatic carbocycles. The van der Waals surface area contributed by atoms with Gasteiger partial charge in [-0.15, -0.1) is 0 Å². The zero-order chi connectivity index (χ0) is 9.14. The van der Waals surface area contributed by atoms with Crippen LogP contribution in [0.3, 0.4) is 0 Å². The van der Waals surface area contributed by atoms with Crippen molar-refractivity contribution in [1.82, 2.24) is 4.98 Å². The van der Waals surface area contributed by atoms with Crippen LogP contribution in [-0.2, 0) is 0 Å². The Labute approximate surface area is 73.0 Å². The van der Waals surface area contributed by atoms with E-state index in [1.54, 1.807) is 0 Å². The molecule has 0 spiro atoms. The van der Waals surface area contributed by atoms with Gasteiger partial charge in [-0.05, 0) is 19.9 Å². The van der Waals surface area contributed by atoms with Gasteiger partial charge in [0.25, 0.3) is 0 Å².